The lowest BCUT2D eigenvalue weighted by Gasteiger charge is -2.20. The van der Waals surface area contributed by atoms with E-state index < -0.39 is 6.57 Å². The van der Waals surface area contributed by atoms with Gasteiger partial charge in [-0.25, -0.2) is 0 Å². The first-order valence-corrected chi connectivity index (χ1v) is 10.3. The zero-order valence-electron chi connectivity index (χ0n) is 12.7. The number of hydrogen-bond acceptors (Lipinski definition) is 3. The molecule has 4 heteroatoms. The summed E-state index contributed by atoms with van der Waals surface area (Å²) >= 11 is 1.42. The molecule has 0 aromatic heterocycles. The van der Waals surface area contributed by atoms with Crippen molar-refractivity contribution < 1.29 is 9.09 Å². The van der Waals surface area contributed by atoms with Gasteiger partial charge in [0, 0.05) is 5.75 Å². The summed E-state index contributed by atoms with van der Waals surface area (Å²) in [5.74, 6) is 1.52. The summed E-state index contributed by atoms with van der Waals surface area (Å²) in [6, 6.07) is 15.4. The smallest absolute Gasteiger partial charge is 0.333 e. The summed E-state index contributed by atoms with van der Waals surface area (Å²) in [7, 11) is 0. The Morgan fingerprint density at radius 1 is 1.10 bits per heavy atom. The van der Waals surface area contributed by atoms with Gasteiger partial charge in [0.15, 0.2) is 0 Å². The summed E-state index contributed by atoms with van der Waals surface area (Å²) in [6.45, 7) is 3.18. The van der Waals surface area contributed by atoms with Gasteiger partial charge in [0.05, 0.1) is 5.30 Å². The normalized spacial score (nSPS) is 13.7. The average molecular weight is 320 g/mol. The van der Waals surface area contributed by atoms with Crippen LogP contribution in [0.1, 0.15) is 24.5 Å². The third-order valence-electron chi connectivity index (χ3n) is 3.09. The van der Waals surface area contributed by atoms with Crippen LogP contribution in [-0.2, 0) is 4.57 Å². The van der Waals surface area contributed by atoms with Crippen LogP contribution in [0.25, 0.3) is 0 Å². The van der Waals surface area contributed by atoms with E-state index in [1.807, 2.05) is 56.3 Å². The van der Waals surface area contributed by atoms with Gasteiger partial charge in [-0.1, -0.05) is 54.2 Å². The first-order valence-electron chi connectivity index (χ1n) is 7.12. The van der Waals surface area contributed by atoms with E-state index in [-0.39, 0.29) is 0 Å². The van der Waals surface area contributed by atoms with Crippen molar-refractivity contribution in [2.45, 2.75) is 27.2 Å². The molecule has 0 saturated carbocycles. The highest BCUT2D eigenvalue weighted by atomic mass is 32.7. The lowest BCUT2D eigenvalue weighted by molar-refractivity contribution is 0.507. The van der Waals surface area contributed by atoms with Crippen LogP contribution in [0.2, 0.25) is 0 Å². The van der Waals surface area contributed by atoms with Gasteiger partial charge < -0.3 is 4.52 Å². The molecule has 0 amide bonds. The molecule has 21 heavy (non-hydrogen) atoms. The summed E-state index contributed by atoms with van der Waals surface area (Å²) < 4.78 is 19.3. The molecule has 2 nitrogen and oxygen atoms in total. The van der Waals surface area contributed by atoms with E-state index in [4.69, 9.17) is 4.52 Å². The standard InChI is InChI=1S/C17H21O2PS/c1-4-12-21-20(18,16-8-6-5-7-9-16)19-17-11-10-14(2)13-15(17)3/h5-11,13H,4,12H2,1-3H3/t20-/m0/s1. The van der Waals surface area contributed by atoms with E-state index in [9.17, 15) is 4.57 Å². The molecule has 0 spiro atoms. The van der Waals surface area contributed by atoms with Crippen molar-refractivity contribution in [3.63, 3.8) is 0 Å². The molecule has 0 aliphatic carbocycles. The summed E-state index contributed by atoms with van der Waals surface area (Å²) in [4.78, 5) is 0. The van der Waals surface area contributed by atoms with Gasteiger partial charge >= 0.3 is 6.57 Å². The van der Waals surface area contributed by atoms with Crippen LogP contribution in [-0.4, -0.2) is 5.75 Å². The highest BCUT2D eigenvalue weighted by molar-refractivity contribution is 8.58. The van der Waals surface area contributed by atoms with Gasteiger partial charge in [0.2, 0.25) is 0 Å². The zero-order chi connectivity index (χ0) is 15.3. The molecule has 112 valence electrons. The van der Waals surface area contributed by atoms with Gasteiger partial charge in [-0.2, -0.15) is 0 Å². The fourth-order valence-corrected chi connectivity index (χ4v) is 6.22. The molecule has 0 aliphatic rings. The lowest BCUT2D eigenvalue weighted by atomic mass is 10.1. The molecule has 2 aromatic rings. The number of rotatable bonds is 6. The maximum absolute atomic E-state index is 13.3. The second-order valence-corrected chi connectivity index (χ2v) is 9.60. The van der Waals surface area contributed by atoms with E-state index >= 15 is 0 Å². The van der Waals surface area contributed by atoms with Crippen molar-refractivity contribution in [3.8, 4) is 5.75 Å². The third-order valence-corrected chi connectivity index (χ3v) is 7.81. The van der Waals surface area contributed by atoms with E-state index in [2.05, 4.69) is 13.0 Å². The molecule has 0 saturated heterocycles. The van der Waals surface area contributed by atoms with Gasteiger partial charge in [-0.3, -0.25) is 4.57 Å². The lowest BCUT2D eigenvalue weighted by Crippen LogP contribution is -2.08. The minimum atomic E-state index is -2.94. The molecule has 0 N–H and O–H groups in total. The Hall–Kier alpha value is -1.18. The fourth-order valence-electron chi connectivity index (χ4n) is 2.01. The molecular formula is C17H21O2PS. The Labute approximate surface area is 131 Å². The molecule has 0 aliphatic heterocycles. The first kappa shape index (κ1) is 16.2. The first-order chi connectivity index (χ1) is 10.0. The van der Waals surface area contributed by atoms with Crippen molar-refractivity contribution in [2.24, 2.45) is 0 Å². The summed E-state index contributed by atoms with van der Waals surface area (Å²) in [6.07, 6.45) is 0.970. The van der Waals surface area contributed by atoms with Crippen molar-refractivity contribution in [2.75, 3.05) is 5.75 Å². The Balaban J connectivity index is 2.34. The van der Waals surface area contributed by atoms with Gasteiger partial charge in [-0.15, -0.1) is 0 Å². The van der Waals surface area contributed by atoms with E-state index in [0.29, 0.717) is 5.75 Å². The largest absolute Gasteiger partial charge is 0.433 e. The Morgan fingerprint density at radius 3 is 2.43 bits per heavy atom. The van der Waals surface area contributed by atoms with Gasteiger partial charge in [0.1, 0.15) is 5.75 Å². The molecule has 0 radical (unpaired) electrons. The molecule has 0 heterocycles. The predicted octanol–water partition coefficient (Wildman–Crippen LogP) is 5.34. The van der Waals surface area contributed by atoms with Crippen LogP contribution in [0.5, 0.6) is 5.75 Å². The molecule has 0 unspecified atom stereocenters. The monoisotopic (exact) mass is 320 g/mol. The number of benzene rings is 2. The highest BCUT2D eigenvalue weighted by Gasteiger charge is 2.28. The molecule has 2 aromatic carbocycles. The minimum absolute atomic E-state index is 0.705. The van der Waals surface area contributed by atoms with Crippen LogP contribution >= 0.6 is 18.0 Å². The van der Waals surface area contributed by atoms with E-state index in [1.54, 1.807) is 0 Å². The molecular weight excluding hydrogens is 299 g/mol. The molecule has 2 rings (SSSR count). The zero-order valence-corrected chi connectivity index (χ0v) is 14.4. The highest BCUT2D eigenvalue weighted by Crippen LogP contribution is 2.58. The number of aryl methyl sites for hydroxylation is 2. The van der Waals surface area contributed by atoms with Gasteiger partial charge in [-0.05, 0) is 44.0 Å². The van der Waals surface area contributed by atoms with Crippen molar-refractivity contribution >= 4 is 23.3 Å². The van der Waals surface area contributed by atoms with Crippen LogP contribution < -0.4 is 9.83 Å². The predicted molar refractivity (Wildman–Crippen MR) is 93.0 cm³/mol. The van der Waals surface area contributed by atoms with Crippen LogP contribution in [0.3, 0.4) is 0 Å². The van der Waals surface area contributed by atoms with Crippen molar-refractivity contribution in [1.82, 2.24) is 0 Å². The third kappa shape index (κ3) is 4.15. The SMILES string of the molecule is CCCS[P@@](=O)(Oc1ccc(C)cc1C)c1ccccc1. The fraction of sp³-hybridized carbons (Fsp3) is 0.294. The maximum Gasteiger partial charge on any atom is 0.333 e. The van der Waals surface area contributed by atoms with Crippen LogP contribution in [0.4, 0.5) is 0 Å². The Kier molecular flexibility index (Phi) is 5.55. The van der Waals surface area contributed by atoms with Crippen molar-refractivity contribution in [3.05, 3.63) is 59.7 Å². The summed E-state index contributed by atoms with van der Waals surface area (Å²) in [5.41, 5.74) is 2.19. The molecule has 1 atom stereocenters. The molecule has 0 bridgehead atoms. The Bertz CT molecular complexity index is 640. The maximum atomic E-state index is 13.3. The van der Waals surface area contributed by atoms with E-state index in [0.717, 1.165) is 23.0 Å². The Morgan fingerprint density at radius 2 is 1.81 bits per heavy atom. The van der Waals surface area contributed by atoms with Crippen molar-refractivity contribution in [1.29, 1.82) is 0 Å². The minimum Gasteiger partial charge on any atom is -0.433 e. The quantitative estimate of drug-likeness (QED) is 0.672. The van der Waals surface area contributed by atoms with Crippen LogP contribution in [0.15, 0.2) is 48.5 Å². The topological polar surface area (TPSA) is 26.3 Å². The average Bonchev–Trinajstić information content (AvgIpc) is 2.49. The summed E-state index contributed by atoms with van der Waals surface area (Å²) in [5, 5.41) is 0.767. The number of hydrogen-bond donors (Lipinski definition) is 0. The second kappa shape index (κ2) is 7.20. The van der Waals surface area contributed by atoms with Crippen LogP contribution in [0, 0.1) is 13.8 Å². The second-order valence-electron chi connectivity index (χ2n) is 5.03. The van der Waals surface area contributed by atoms with Gasteiger partial charge in [0.25, 0.3) is 0 Å². The van der Waals surface area contributed by atoms with E-state index in [1.165, 1.54) is 16.9 Å². The molecule has 0 fully saturated rings.